The zero-order chi connectivity index (χ0) is 21.0. The quantitative estimate of drug-likeness (QED) is 0.431. The predicted molar refractivity (Wildman–Crippen MR) is 118 cm³/mol. The molecule has 0 aromatic carbocycles. The number of hydrogen-bond acceptors (Lipinski definition) is 4. The maximum atomic E-state index is 12.8. The highest BCUT2D eigenvalue weighted by molar-refractivity contribution is 6.08. The molecule has 2 aromatic rings. The topological polar surface area (TPSA) is 88.0 Å². The van der Waals surface area contributed by atoms with Crippen LogP contribution in [0.4, 0.5) is 0 Å². The Kier molecular flexibility index (Phi) is 6.12. The molecule has 2 unspecified atom stereocenters. The molecule has 29 heavy (non-hydrogen) atoms. The molecule has 1 saturated heterocycles. The van der Waals surface area contributed by atoms with Gasteiger partial charge in [-0.3, -0.25) is 4.79 Å². The number of likely N-dealkylation sites (tertiary alicyclic amines) is 1. The third-order valence-electron chi connectivity index (χ3n) is 5.41. The maximum Gasteiger partial charge on any atom is 0.254 e. The molecule has 1 aliphatic rings. The summed E-state index contributed by atoms with van der Waals surface area (Å²) in [6, 6.07) is 4.19. The van der Waals surface area contributed by atoms with E-state index in [0.29, 0.717) is 23.6 Å². The molecule has 1 fully saturated rings. The van der Waals surface area contributed by atoms with Gasteiger partial charge in [0.1, 0.15) is 5.65 Å². The van der Waals surface area contributed by atoms with Crippen molar-refractivity contribution in [2.75, 3.05) is 6.54 Å². The van der Waals surface area contributed by atoms with Crippen molar-refractivity contribution in [1.29, 1.82) is 5.41 Å². The van der Waals surface area contributed by atoms with Crippen molar-refractivity contribution in [2.24, 2.45) is 11.7 Å². The van der Waals surface area contributed by atoms with Crippen LogP contribution >= 0.6 is 0 Å². The highest BCUT2D eigenvalue weighted by Crippen LogP contribution is 2.28. The summed E-state index contributed by atoms with van der Waals surface area (Å²) in [4.78, 5) is 19.3. The van der Waals surface area contributed by atoms with Crippen LogP contribution in [-0.4, -0.2) is 39.2 Å². The lowest BCUT2D eigenvalue weighted by Gasteiger charge is -2.22. The molecule has 150 valence electrons. The molecule has 0 radical (unpaired) electrons. The van der Waals surface area contributed by atoms with Crippen molar-refractivity contribution in [1.82, 2.24) is 14.5 Å². The van der Waals surface area contributed by atoms with Gasteiger partial charge in [0.2, 0.25) is 0 Å². The van der Waals surface area contributed by atoms with Crippen molar-refractivity contribution >= 4 is 28.7 Å². The van der Waals surface area contributed by atoms with Crippen LogP contribution in [-0.2, 0) is 11.3 Å². The van der Waals surface area contributed by atoms with Gasteiger partial charge in [0.15, 0.2) is 0 Å². The lowest BCUT2D eigenvalue weighted by Crippen LogP contribution is -2.34. The Morgan fingerprint density at radius 1 is 1.45 bits per heavy atom. The van der Waals surface area contributed by atoms with E-state index >= 15 is 0 Å². The van der Waals surface area contributed by atoms with Gasteiger partial charge in [-0.15, -0.1) is 0 Å². The normalized spacial score (nSPS) is 20.1. The van der Waals surface area contributed by atoms with Gasteiger partial charge in [0, 0.05) is 66.0 Å². The van der Waals surface area contributed by atoms with E-state index in [0.717, 1.165) is 29.6 Å². The third kappa shape index (κ3) is 4.06. The van der Waals surface area contributed by atoms with Crippen LogP contribution < -0.4 is 5.73 Å². The number of allylic oxidation sites excluding steroid dienone is 3. The van der Waals surface area contributed by atoms with Crippen LogP contribution in [0.5, 0.6) is 0 Å². The Bertz CT molecular complexity index is 1010. The van der Waals surface area contributed by atoms with Crippen LogP contribution in [0.2, 0.25) is 0 Å². The second-order valence-electron chi connectivity index (χ2n) is 7.34. The van der Waals surface area contributed by atoms with Gasteiger partial charge in [-0.1, -0.05) is 31.4 Å². The molecule has 0 saturated carbocycles. The number of pyridine rings is 1. The number of nitrogens with zero attached hydrogens (tertiary/aromatic N) is 3. The number of amides is 1. The predicted octanol–water partition coefficient (Wildman–Crippen LogP) is 3.52. The van der Waals surface area contributed by atoms with Crippen molar-refractivity contribution in [3.05, 3.63) is 73.2 Å². The number of nitrogens with two attached hydrogens (primary N) is 1. The van der Waals surface area contributed by atoms with Gasteiger partial charge < -0.3 is 20.6 Å². The van der Waals surface area contributed by atoms with Crippen molar-refractivity contribution in [3.8, 4) is 0 Å². The molecule has 6 nitrogen and oxygen atoms in total. The zero-order valence-electron chi connectivity index (χ0n) is 16.7. The average molecular weight is 390 g/mol. The molecule has 1 aliphatic heterocycles. The Hall–Kier alpha value is -3.41. The van der Waals surface area contributed by atoms with Gasteiger partial charge in [0.05, 0.1) is 0 Å². The summed E-state index contributed by atoms with van der Waals surface area (Å²) in [5.74, 6) is 0.352. The van der Waals surface area contributed by atoms with E-state index in [2.05, 4.69) is 29.6 Å². The first kappa shape index (κ1) is 20.3. The first-order chi connectivity index (χ1) is 14.0. The maximum absolute atomic E-state index is 12.8. The molecular weight excluding hydrogens is 362 g/mol. The minimum Gasteiger partial charge on any atom is -0.404 e. The summed E-state index contributed by atoms with van der Waals surface area (Å²) in [7, 11) is 0. The Labute approximate surface area is 171 Å². The van der Waals surface area contributed by atoms with E-state index < -0.39 is 0 Å². The second-order valence-corrected chi connectivity index (χ2v) is 7.34. The third-order valence-corrected chi connectivity index (χ3v) is 5.41. The van der Waals surface area contributed by atoms with E-state index in [9.17, 15) is 4.79 Å². The number of carbonyl (C=O) groups excluding carboxylic acids is 1. The summed E-state index contributed by atoms with van der Waals surface area (Å²) in [6.45, 7) is 11.0. The molecule has 0 spiro atoms. The first-order valence-electron chi connectivity index (χ1n) is 9.66. The van der Waals surface area contributed by atoms with E-state index in [4.69, 9.17) is 11.1 Å². The minimum absolute atomic E-state index is 0.00257. The molecule has 3 heterocycles. The number of aromatic nitrogens is 2. The molecule has 2 atom stereocenters. The SMILES string of the molecule is C=C/C=C(\C=C)C(=O)N1CC(Cn2ccc3cc(/C(C=N)=C/N)cnc32)CC1C. The molecule has 0 bridgehead atoms. The largest absolute Gasteiger partial charge is 0.404 e. The fourth-order valence-electron chi connectivity index (χ4n) is 3.97. The van der Waals surface area contributed by atoms with Gasteiger partial charge in [-0.05, 0) is 31.4 Å². The van der Waals surface area contributed by atoms with Crippen LogP contribution in [0.15, 0.2) is 67.7 Å². The average Bonchev–Trinajstić information content (AvgIpc) is 3.29. The Morgan fingerprint density at radius 3 is 2.90 bits per heavy atom. The van der Waals surface area contributed by atoms with Gasteiger partial charge in [-0.25, -0.2) is 4.98 Å². The summed E-state index contributed by atoms with van der Waals surface area (Å²) >= 11 is 0. The van der Waals surface area contributed by atoms with Crippen LogP contribution in [0.25, 0.3) is 16.6 Å². The lowest BCUT2D eigenvalue weighted by atomic mass is 10.1. The highest BCUT2D eigenvalue weighted by Gasteiger charge is 2.33. The van der Waals surface area contributed by atoms with Crippen LogP contribution in [0, 0.1) is 11.3 Å². The molecule has 2 aromatic heterocycles. The van der Waals surface area contributed by atoms with Crippen molar-refractivity contribution < 1.29 is 4.79 Å². The molecule has 6 heteroatoms. The number of nitrogens with one attached hydrogen (secondary N) is 1. The van der Waals surface area contributed by atoms with Gasteiger partial charge in [0.25, 0.3) is 5.91 Å². The van der Waals surface area contributed by atoms with E-state index in [1.807, 2.05) is 23.2 Å². The van der Waals surface area contributed by atoms with Crippen LogP contribution in [0.3, 0.4) is 0 Å². The molecular formula is C23H27N5O. The molecule has 0 aliphatic carbocycles. The smallest absolute Gasteiger partial charge is 0.254 e. The van der Waals surface area contributed by atoms with Crippen molar-refractivity contribution in [2.45, 2.75) is 25.9 Å². The Morgan fingerprint density at radius 2 is 2.24 bits per heavy atom. The number of carbonyl (C=O) groups is 1. The van der Waals surface area contributed by atoms with Gasteiger partial charge in [-0.2, -0.15) is 0 Å². The van der Waals surface area contributed by atoms with E-state index in [1.54, 1.807) is 24.4 Å². The number of hydrogen-bond donors (Lipinski definition) is 2. The molecule has 1 amide bonds. The molecule has 3 rings (SSSR count). The van der Waals surface area contributed by atoms with E-state index in [1.165, 1.54) is 12.4 Å². The fraction of sp³-hybridized carbons (Fsp3) is 0.261. The highest BCUT2D eigenvalue weighted by atomic mass is 16.2. The molecule has 3 N–H and O–H groups in total. The number of rotatable bonds is 7. The van der Waals surface area contributed by atoms with Gasteiger partial charge >= 0.3 is 0 Å². The second kappa shape index (κ2) is 8.73. The van der Waals surface area contributed by atoms with E-state index in [-0.39, 0.29) is 11.9 Å². The summed E-state index contributed by atoms with van der Waals surface area (Å²) < 4.78 is 2.13. The minimum atomic E-state index is 0.00257. The fourth-order valence-corrected chi connectivity index (χ4v) is 3.97. The summed E-state index contributed by atoms with van der Waals surface area (Å²) in [5.41, 5.74) is 8.51. The van der Waals surface area contributed by atoms with Crippen LogP contribution in [0.1, 0.15) is 18.9 Å². The lowest BCUT2D eigenvalue weighted by molar-refractivity contribution is -0.127. The number of fused-ring (bicyclic) bond motifs is 1. The first-order valence-corrected chi connectivity index (χ1v) is 9.66. The Balaban J connectivity index is 1.77. The van der Waals surface area contributed by atoms with Crippen molar-refractivity contribution in [3.63, 3.8) is 0 Å². The monoisotopic (exact) mass is 389 g/mol. The summed E-state index contributed by atoms with van der Waals surface area (Å²) in [5, 5.41) is 8.45. The zero-order valence-corrected chi connectivity index (χ0v) is 16.7. The standard InChI is InChI=1S/C23H27N5O/c1-4-6-18(5-2)23(29)28-15-17(9-16(28)3)14-27-8-7-19-10-20(13-26-22(19)27)21(11-24)12-25/h4-8,10-13,16-17,24H,1-2,9,14-15,25H2,3H3/b18-6+,21-12+,24-11?. The summed E-state index contributed by atoms with van der Waals surface area (Å²) in [6.07, 6.45) is 12.3.